The van der Waals surface area contributed by atoms with Gasteiger partial charge in [0.2, 0.25) is 0 Å². The van der Waals surface area contributed by atoms with Gasteiger partial charge in [-0.15, -0.1) is 0 Å². The highest BCUT2D eigenvalue weighted by molar-refractivity contribution is 14.1. The number of rotatable bonds is 8. The van der Waals surface area contributed by atoms with Gasteiger partial charge < -0.3 is 29.1 Å². The maximum atomic E-state index is 13.0. The highest BCUT2D eigenvalue weighted by Crippen LogP contribution is 2.27. The number of aliphatic hydroxyl groups excluding tert-OH is 3. The summed E-state index contributed by atoms with van der Waals surface area (Å²) in [5.74, 6) is 0.795. The van der Waals surface area contributed by atoms with Crippen LogP contribution in [0.25, 0.3) is 5.57 Å². The maximum Gasteiger partial charge on any atom is 0.182 e. The van der Waals surface area contributed by atoms with E-state index in [4.69, 9.17) is 8.83 Å². The predicted molar refractivity (Wildman–Crippen MR) is 111 cm³/mol. The molecule has 2 unspecified atom stereocenters. The Morgan fingerprint density at radius 3 is 2.61 bits per heavy atom. The lowest BCUT2D eigenvalue weighted by atomic mass is 9.97. The molecule has 0 aromatic carbocycles. The average Bonchev–Trinajstić information content (AvgIpc) is 3.40. The van der Waals surface area contributed by atoms with Crippen LogP contribution in [0.15, 0.2) is 75.3 Å². The van der Waals surface area contributed by atoms with Crippen molar-refractivity contribution >= 4 is 33.9 Å². The summed E-state index contributed by atoms with van der Waals surface area (Å²) in [6.07, 6.45) is 7.71. The van der Waals surface area contributed by atoms with E-state index in [9.17, 15) is 20.1 Å². The number of carbonyl (C=O) groups excluding carboxylic acids is 1. The molecule has 0 amide bonds. The third kappa shape index (κ3) is 4.57. The Kier molecular flexibility index (Phi) is 6.76. The molecule has 0 bridgehead atoms. The van der Waals surface area contributed by atoms with Gasteiger partial charge in [0.05, 0.1) is 23.1 Å². The molecule has 28 heavy (non-hydrogen) atoms. The second-order valence-electron chi connectivity index (χ2n) is 6.19. The van der Waals surface area contributed by atoms with E-state index in [0.717, 1.165) is 0 Å². The van der Waals surface area contributed by atoms with E-state index in [-0.39, 0.29) is 22.1 Å². The largest absolute Gasteiger partial charge is 0.506 e. The van der Waals surface area contributed by atoms with Gasteiger partial charge in [0.15, 0.2) is 5.78 Å². The molecule has 0 aliphatic carbocycles. The SMILES string of the molecule is O=C(/C=C(/c1ccco1)C(I)CO)C1C=C(Cc2ccco2)C(O)=CN1CO. The zero-order chi connectivity index (χ0) is 20.1. The van der Waals surface area contributed by atoms with Crippen LogP contribution in [0.4, 0.5) is 0 Å². The summed E-state index contributed by atoms with van der Waals surface area (Å²) in [4.78, 5) is 14.3. The molecule has 0 spiro atoms. The fraction of sp³-hybridized carbons (Fsp3) is 0.250. The standard InChI is InChI=1S/C20H20INO6/c21-16(11-23)15(20-4-2-6-28-20)9-18(25)17-8-13(7-14-3-1-5-27-14)19(26)10-22(17)12-24/h1-6,8-10,16-17,23-24,26H,7,11-12H2/b15-9+. The van der Waals surface area contributed by atoms with Crippen LogP contribution in [-0.4, -0.2) is 49.3 Å². The molecule has 0 saturated heterocycles. The number of hydrogen-bond acceptors (Lipinski definition) is 7. The topological polar surface area (TPSA) is 107 Å². The first-order valence-corrected chi connectivity index (χ1v) is 9.83. The Bertz CT molecular complexity index is 882. The Labute approximate surface area is 175 Å². The summed E-state index contributed by atoms with van der Waals surface area (Å²) in [5, 5.41) is 29.4. The third-order valence-corrected chi connectivity index (χ3v) is 5.40. The van der Waals surface area contributed by atoms with Gasteiger partial charge in [-0.05, 0) is 36.4 Å². The summed E-state index contributed by atoms with van der Waals surface area (Å²) in [5.41, 5.74) is 1.08. The molecule has 3 heterocycles. The van der Waals surface area contributed by atoms with Crippen LogP contribution < -0.4 is 0 Å². The van der Waals surface area contributed by atoms with Gasteiger partial charge in [0, 0.05) is 23.8 Å². The van der Waals surface area contributed by atoms with Crippen LogP contribution in [0.1, 0.15) is 11.5 Å². The number of alkyl halides is 1. The van der Waals surface area contributed by atoms with Crippen molar-refractivity contribution in [2.75, 3.05) is 13.3 Å². The average molecular weight is 497 g/mol. The summed E-state index contributed by atoms with van der Waals surface area (Å²) < 4.78 is 10.4. The van der Waals surface area contributed by atoms with Gasteiger partial charge in [-0.3, -0.25) is 4.79 Å². The van der Waals surface area contributed by atoms with Crippen LogP contribution in [0.2, 0.25) is 0 Å². The smallest absolute Gasteiger partial charge is 0.182 e. The summed E-state index contributed by atoms with van der Waals surface area (Å²) in [6, 6.07) is 6.14. The number of aliphatic hydroxyl groups is 3. The van der Waals surface area contributed by atoms with Crippen molar-refractivity contribution in [2.24, 2.45) is 0 Å². The number of carbonyl (C=O) groups is 1. The second kappa shape index (κ2) is 9.26. The Morgan fingerprint density at radius 2 is 2.00 bits per heavy atom. The summed E-state index contributed by atoms with van der Waals surface area (Å²) in [6.45, 7) is -0.600. The maximum absolute atomic E-state index is 13.0. The molecule has 2 atom stereocenters. The minimum atomic E-state index is -0.807. The van der Waals surface area contributed by atoms with Crippen molar-refractivity contribution in [3.05, 3.63) is 78.0 Å². The molecule has 1 aliphatic rings. The lowest BCUT2D eigenvalue weighted by molar-refractivity contribution is -0.118. The number of nitrogens with zero attached hydrogens (tertiary/aromatic N) is 1. The van der Waals surface area contributed by atoms with E-state index in [1.54, 1.807) is 30.3 Å². The highest BCUT2D eigenvalue weighted by Gasteiger charge is 2.28. The molecule has 8 heteroatoms. The number of halogens is 1. The number of ketones is 1. The van der Waals surface area contributed by atoms with Crippen molar-refractivity contribution < 1.29 is 28.9 Å². The molecule has 0 radical (unpaired) electrons. The molecule has 2 aromatic rings. The van der Waals surface area contributed by atoms with Crippen LogP contribution >= 0.6 is 22.6 Å². The van der Waals surface area contributed by atoms with E-state index >= 15 is 0 Å². The van der Waals surface area contributed by atoms with Crippen molar-refractivity contribution in [2.45, 2.75) is 16.4 Å². The fourth-order valence-electron chi connectivity index (χ4n) is 2.91. The minimum Gasteiger partial charge on any atom is -0.506 e. The molecule has 7 nitrogen and oxygen atoms in total. The monoisotopic (exact) mass is 497 g/mol. The molecule has 0 fully saturated rings. The zero-order valence-corrected chi connectivity index (χ0v) is 17.0. The van der Waals surface area contributed by atoms with Crippen LogP contribution in [0, 0.1) is 0 Å². The van der Waals surface area contributed by atoms with Gasteiger partial charge in [0.1, 0.15) is 30.1 Å². The lowest BCUT2D eigenvalue weighted by Gasteiger charge is -2.29. The Morgan fingerprint density at radius 1 is 1.25 bits per heavy atom. The van der Waals surface area contributed by atoms with Crippen LogP contribution in [-0.2, 0) is 11.2 Å². The quantitative estimate of drug-likeness (QED) is 0.293. The molecule has 148 valence electrons. The van der Waals surface area contributed by atoms with Crippen LogP contribution in [0.5, 0.6) is 0 Å². The van der Waals surface area contributed by atoms with E-state index in [1.165, 1.54) is 29.7 Å². The number of hydrogen-bond donors (Lipinski definition) is 3. The Hall–Kier alpha value is -2.30. The first kappa shape index (κ1) is 20.4. The van der Waals surface area contributed by atoms with E-state index in [0.29, 0.717) is 29.1 Å². The minimum absolute atomic E-state index is 0.0353. The van der Waals surface area contributed by atoms with E-state index < -0.39 is 12.8 Å². The van der Waals surface area contributed by atoms with Gasteiger partial charge in [-0.2, -0.15) is 0 Å². The van der Waals surface area contributed by atoms with Gasteiger partial charge in [0.25, 0.3) is 0 Å². The van der Waals surface area contributed by atoms with Crippen molar-refractivity contribution in [3.8, 4) is 0 Å². The molecule has 2 aromatic heterocycles. The van der Waals surface area contributed by atoms with Crippen LogP contribution in [0.3, 0.4) is 0 Å². The first-order chi connectivity index (χ1) is 13.5. The molecule has 1 aliphatic heterocycles. The van der Waals surface area contributed by atoms with E-state index in [2.05, 4.69) is 0 Å². The van der Waals surface area contributed by atoms with E-state index in [1.807, 2.05) is 22.6 Å². The molecule has 3 N–H and O–H groups in total. The summed E-state index contributed by atoms with van der Waals surface area (Å²) in [7, 11) is 0. The number of allylic oxidation sites excluding steroid dienone is 1. The second-order valence-corrected chi connectivity index (χ2v) is 7.70. The zero-order valence-electron chi connectivity index (χ0n) is 14.9. The van der Waals surface area contributed by atoms with Crippen molar-refractivity contribution in [1.82, 2.24) is 4.90 Å². The summed E-state index contributed by atoms with van der Waals surface area (Å²) >= 11 is 2.04. The van der Waals surface area contributed by atoms with Crippen molar-refractivity contribution in [3.63, 3.8) is 0 Å². The Balaban J connectivity index is 1.91. The normalized spacial score (nSPS) is 18.6. The lowest BCUT2D eigenvalue weighted by Crippen LogP contribution is -2.39. The van der Waals surface area contributed by atoms with Gasteiger partial charge >= 0.3 is 0 Å². The molecular weight excluding hydrogens is 477 g/mol. The fourth-order valence-corrected chi connectivity index (χ4v) is 3.40. The molecular formula is C20H20INO6. The number of furan rings is 2. The van der Waals surface area contributed by atoms with Gasteiger partial charge in [-0.1, -0.05) is 22.6 Å². The molecule has 3 rings (SSSR count). The molecule has 0 saturated carbocycles. The highest BCUT2D eigenvalue weighted by atomic mass is 127. The first-order valence-electron chi connectivity index (χ1n) is 8.58. The van der Waals surface area contributed by atoms with Crippen molar-refractivity contribution in [1.29, 1.82) is 0 Å². The van der Waals surface area contributed by atoms with Gasteiger partial charge in [-0.25, -0.2) is 0 Å². The predicted octanol–water partition coefficient (Wildman–Crippen LogP) is 2.82. The third-order valence-electron chi connectivity index (χ3n) is 4.33.